The lowest BCUT2D eigenvalue weighted by molar-refractivity contribution is 0.987. The molecule has 0 atom stereocenters. The molecule has 0 spiro atoms. The van der Waals surface area contributed by atoms with Gasteiger partial charge in [-0.15, -0.1) is 0 Å². The van der Waals surface area contributed by atoms with Crippen molar-refractivity contribution in [3.8, 4) is 0 Å². The molecule has 0 saturated heterocycles. The Hall–Kier alpha value is -0.640. The van der Waals surface area contributed by atoms with E-state index in [9.17, 15) is 4.79 Å². The van der Waals surface area contributed by atoms with E-state index in [2.05, 4.69) is 25.9 Å². The summed E-state index contributed by atoms with van der Waals surface area (Å²) in [5, 5.41) is 0. The molecule has 4 heteroatoms. The molecule has 1 aromatic heterocycles. The van der Waals surface area contributed by atoms with Gasteiger partial charge in [0.2, 0.25) is 0 Å². The van der Waals surface area contributed by atoms with Gasteiger partial charge in [-0.1, -0.05) is 0 Å². The Balaban J connectivity index is 3.43. The molecular formula is C6H7BrN2O. The second-order valence-corrected chi connectivity index (χ2v) is 2.82. The largest absolute Gasteiger partial charge is 0.322 e. The molecular weight excluding hydrogens is 196 g/mol. The first-order valence-electron chi connectivity index (χ1n) is 2.84. The maximum Gasteiger partial charge on any atom is 0.281 e. The van der Waals surface area contributed by atoms with Gasteiger partial charge in [-0.3, -0.25) is 4.79 Å². The van der Waals surface area contributed by atoms with Crippen LogP contribution in [0.2, 0.25) is 0 Å². The number of aryl methyl sites for hydroxylation is 2. The first kappa shape index (κ1) is 7.47. The predicted octanol–water partition coefficient (Wildman–Crippen LogP) is 1.15. The Kier molecular flexibility index (Phi) is 1.89. The van der Waals surface area contributed by atoms with Crippen molar-refractivity contribution in [1.82, 2.24) is 9.97 Å². The van der Waals surface area contributed by atoms with E-state index in [0.29, 0.717) is 4.60 Å². The predicted molar refractivity (Wildman–Crippen MR) is 42.0 cm³/mol. The molecule has 1 rings (SSSR count). The summed E-state index contributed by atoms with van der Waals surface area (Å²) in [6, 6.07) is 0. The van der Waals surface area contributed by atoms with Crippen LogP contribution in [0.25, 0.3) is 0 Å². The summed E-state index contributed by atoms with van der Waals surface area (Å²) in [6.07, 6.45) is 0. The van der Waals surface area contributed by atoms with Crippen molar-refractivity contribution in [2.75, 3.05) is 0 Å². The van der Waals surface area contributed by atoms with Crippen LogP contribution in [-0.2, 0) is 0 Å². The van der Waals surface area contributed by atoms with Crippen LogP contribution in [0.15, 0.2) is 9.40 Å². The molecule has 0 aliphatic heterocycles. The zero-order valence-electron chi connectivity index (χ0n) is 5.73. The quantitative estimate of drug-likeness (QED) is 0.687. The molecule has 54 valence electrons. The van der Waals surface area contributed by atoms with Crippen molar-refractivity contribution in [2.45, 2.75) is 13.8 Å². The maximum atomic E-state index is 10.8. The average molecular weight is 203 g/mol. The first-order chi connectivity index (χ1) is 4.61. The van der Waals surface area contributed by atoms with E-state index < -0.39 is 0 Å². The third-order valence-corrected chi connectivity index (χ3v) is 1.83. The Morgan fingerprint density at radius 2 is 2.10 bits per heavy atom. The van der Waals surface area contributed by atoms with Gasteiger partial charge in [0.25, 0.3) is 5.56 Å². The van der Waals surface area contributed by atoms with Gasteiger partial charge in [0.05, 0.1) is 5.69 Å². The van der Waals surface area contributed by atoms with Crippen molar-refractivity contribution >= 4 is 15.9 Å². The molecule has 3 nitrogen and oxygen atoms in total. The van der Waals surface area contributed by atoms with E-state index in [1.54, 1.807) is 0 Å². The molecule has 0 unspecified atom stereocenters. The topological polar surface area (TPSA) is 45.8 Å². The highest BCUT2D eigenvalue weighted by atomic mass is 79.9. The van der Waals surface area contributed by atoms with Crippen LogP contribution < -0.4 is 5.56 Å². The summed E-state index contributed by atoms with van der Waals surface area (Å²) in [4.78, 5) is 17.4. The summed E-state index contributed by atoms with van der Waals surface area (Å²) in [7, 11) is 0. The zero-order chi connectivity index (χ0) is 7.72. The van der Waals surface area contributed by atoms with Crippen molar-refractivity contribution in [1.29, 1.82) is 0 Å². The van der Waals surface area contributed by atoms with Crippen LogP contribution in [0.1, 0.15) is 11.4 Å². The van der Waals surface area contributed by atoms with Crippen molar-refractivity contribution in [3.63, 3.8) is 0 Å². The fourth-order valence-electron chi connectivity index (χ4n) is 0.594. The van der Waals surface area contributed by atoms with E-state index in [1.165, 1.54) is 0 Å². The van der Waals surface area contributed by atoms with Crippen LogP contribution in [0.4, 0.5) is 0 Å². The summed E-state index contributed by atoms with van der Waals surface area (Å²) >= 11 is 3.03. The Bertz CT molecular complexity index is 305. The highest BCUT2D eigenvalue weighted by molar-refractivity contribution is 9.10. The number of nitrogens with one attached hydrogen (secondary N) is 1. The Morgan fingerprint density at radius 3 is 2.60 bits per heavy atom. The van der Waals surface area contributed by atoms with Gasteiger partial charge in [0.1, 0.15) is 0 Å². The van der Waals surface area contributed by atoms with Crippen LogP contribution in [-0.4, -0.2) is 9.97 Å². The Morgan fingerprint density at radius 1 is 1.50 bits per heavy atom. The molecule has 0 radical (unpaired) electrons. The lowest BCUT2D eigenvalue weighted by Gasteiger charge is -1.96. The van der Waals surface area contributed by atoms with E-state index in [-0.39, 0.29) is 5.56 Å². The molecule has 1 heterocycles. The number of hydrogen-bond donors (Lipinski definition) is 1. The molecule has 1 aromatic rings. The van der Waals surface area contributed by atoms with Crippen molar-refractivity contribution in [3.05, 3.63) is 26.3 Å². The second-order valence-electron chi connectivity index (χ2n) is 2.07. The molecule has 0 fully saturated rings. The second kappa shape index (κ2) is 2.54. The number of halogens is 1. The van der Waals surface area contributed by atoms with Gasteiger partial charge < -0.3 is 4.98 Å². The van der Waals surface area contributed by atoms with E-state index >= 15 is 0 Å². The number of aromatic nitrogens is 2. The minimum absolute atomic E-state index is 0.178. The smallest absolute Gasteiger partial charge is 0.281 e. The Labute approximate surface area is 66.6 Å². The fourth-order valence-corrected chi connectivity index (χ4v) is 0.959. The first-order valence-corrected chi connectivity index (χ1v) is 3.63. The minimum Gasteiger partial charge on any atom is -0.322 e. The molecule has 0 aliphatic carbocycles. The van der Waals surface area contributed by atoms with Crippen LogP contribution in [0.5, 0.6) is 0 Å². The SMILES string of the molecule is Cc1nc(Br)c(=O)[nH]c1C. The number of aromatic amines is 1. The zero-order valence-corrected chi connectivity index (χ0v) is 7.32. The van der Waals surface area contributed by atoms with Crippen LogP contribution in [0, 0.1) is 13.8 Å². The van der Waals surface area contributed by atoms with Gasteiger partial charge in [0.15, 0.2) is 4.60 Å². The van der Waals surface area contributed by atoms with E-state index in [0.717, 1.165) is 11.4 Å². The van der Waals surface area contributed by atoms with Crippen LogP contribution >= 0.6 is 15.9 Å². The third-order valence-electron chi connectivity index (χ3n) is 1.30. The number of H-pyrrole nitrogens is 1. The van der Waals surface area contributed by atoms with Gasteiger partial charge in [-0.25, -0.2) is 4.98 Å². The number of hydrogen-bond acceptors (Lipinski definition) is 2. The van der Waals surface area contributed by atoms with Gasteiger partial charge in [-0.2, -0.15) is 0 Å². The van der Waals surface area contributed by atoms with Gasteiger partial charge in [0, 0.05) is 5.69 Å². The molecule has 0 aliphatic rings. The average Bonchev–Trinajstić information content (AvgIpc) is 1.84. The van der Waals surface area contributed by atoms with E-state index in [1.807, 2.05) is 13.8 Å². The lowest BCUT2D eigenvalue weighted by Crippen LogP contribution is -2.11. The van der Waals surface area contributed by atoms with Crippen molar-refractivity contribution in [2.24, 2.45) is 0 Å². The fraction of sp³-hybridized carbons (Fsp3) is 0.333. The highest BCUT2D eigenvalue weighted by Crippen LogP contribution is 2.01. The van der Waals surface area contributed by atoms with Gasteiger partial charge in [-0.05, 0) is 29.8 Å². The molecule has 0 saturated carbocycles. The third kappa shape index (κ3) is 1.26. The molecule has 0 amide bonds. The number of nitrogens with zero attached hydrogens (tertiary/aromatic N) is 1. The lowest BCUT2D eigenvalue weighted by atomic mass is 10.4. The van der Waals surface area contributed by atoms with Crippen molar-refractivity contribution < 1.29 is 0 Å². The van der Waals surface area contributed by atoms with Gasteiger partial charge >= 0.3 is 0 Å². The standard InChI is InChI=1S/C6H7BrN2O/c1-3-4(2)9-6(10)5(7)8-3/h1-2H3,(H,9,10). The summed E-state index contributed by atoms with van der Waals surface area (Å²) in [5.41, 5.74) is 1.47. The molecule has 10 heavy (non-hydrogen) atoms. The molecule has 0 aromatic carbocycles. The van der Waals surface area contributed by atoms with Crippen LogP contribution in [0.3, 0.4) is 0 Å². The molecule has 0 bridgehead atoms. The summed E-state index contributed by atoms with van der Waals surface area (Å²) in [5.74, 6) is 0. The monoisotopic (exact) mass is 202 g/mol. The highest BCUT2D eigenvalue weighted by Gasteiger charge is 1.98. The summed E-state index contributed by atoms with van der Waals surface area (Å²) in [6.45, 7) is 3.66. The summed E-state index contributed by atoms with van der Waals surface area (Å²) < 4.78 is 0.343. The van der Waals surface area contributed by atoms with E-state index in [4.69, 9.17) is 0 Å². The number of rotatable bonds is 0. The normalized spacial score (nSPS) is 9.90. The minimum atomic E-state index is -0.178. The molecule has 1 N–H and O–H groups in total. The maximum absolute atomic E-state index is 10.8.